The van der Waals surface area contributed by atoms with E-state index < -0.39 is 10.0 Å². The first-order valence-corrected chi connectivity index (χ1v) is 13.6. The lowest BCUT2D eigenvalue weighted by atomic mass is 10.1. The van der Waals surface area contributed by atoms with Crippen LogP contribution in [0, 0.1) is 0 Å². The van der Waals surface area contributed by atoms with E-state index in [0.717, 1.165) is 25.0 Å². The summed E-state index contributed by atoms with van der Waals surface area (Å²) in [6.45, 7) is 3.06. The van der Waals surface area contributed by atoms with E-state index in [1.54, 1.807) is 42.5 Å². The molecular formula is C25H25Cl2N3O4S. The molecule has 1 heterocycles. The van der Waals surface area contributed by atoms with E-state index in [0.29, 0.717) is 45.8 Å². The number of amides is 1. The van der Waals surface area contributed by atoms with Crippen molar-refractivity contribution in [2.24, 2.45) is 0 Å². The van der Waals surface area contributed by atoms with E-state index in [4.69, 9.17) is 27.9 Å². The second-order valence-electron chi connectivity index (χ2n) is 8.12. The van der Waals surface area contributed by atoms with Crippen molar-refractivity contribution in [3.8, 4) is 0 Å². The lowest BCUT2D eigenvalue weighted by Gasteiger charge is -2.28. The zero-order valence-electron chi connectivity index (χ0n) is 19.1. The van der Waals surface area contributed by atoms with Crippen molar-refractivity contribution in [1.29, 1.82) is 0 Å². The van der Waals surface area contributed by atoms with Gasteiger partial charge in [0.15, 0.2) is 0 Å². The topological polar surface area (TPSA) is 79.0 Å². The first-order valence-electron chi connectivity index (χ1n) is 11.0. The van der Waals surface area contributed by atoms with Gasteiger partial charge in [-0.15, -0.1) is 0 Å². The maximum Gasteiger partial charge on any atom is 0.255 e. The first-order chi connectivity index (χ1) is 16.7. The molecule has 184 valence electrons. The molecule has 1 fully saturated rings. The van der Waals surface area contributed by atoms with Crippen molar-refractivity contribution in [3.05, 3.63) is 87.9 Å². The van der Waals surface area contributed by atoms with E-state index in [1.807, 2.05) is 24.3 Å². The summed E-state index contributed by atoms with van der Waals surface area (Å²) in [7, 11) is -3.64. The number of nitrogens with zero attached hydrogens (tertiary/aromatic N) is 2. The fourth-order valence-corrected chi connectivity index (χ4v) is 5.17. The van der Waals surface area contributed by atoms with Gasteiger partial charge in [0.05, 0.1) is 31.7 Å². The molecule has 1 aliphatic heterocycles. The smallest absolute Gasteiger partial charge is 0.255 e. The third-order valence-corrected chi connectivity index (χ3v) is 7.53. The van der Waals surface area contributed by atoms with E-state index in [9.17, 15) is 13.2 Å². The number of anilines is 3. The molecule has 1 N–H and O–H groups in total. The average Bonchev–Trinajstić information content (AvgIpc) is 2.84. The quantitative estimate of drug-likeness (QED) is 0.459. The molecule has 4 rings (SSSR count). The van der Waals surface area contributed by atoms with Crippen LogP contribution in [-0.4, -0.2) is 46.9 Å². The Morgan fingerprint density at radius 2 is 1.57 bits per heavy atom. The minimum absolute atomic E-state index is 0.0294. The molecule has 0 aliphatic carbocycles. The molecule has 0 aromatic heterocycles. The van der Waals surface area contributed by atoms with E-state index >= 15 is 0 Å². The van der Waals surface area contributed by atoms with Crippen LogP contribution in [0.3, 0.4) is 0 Å². The highest BCUT2D eigenvalue weighted by Crippen LogP contribution is 2.29. The lowest BCUT2D eigenvalue weighted by Crippen LogP contribution is -2.36. The highest BCUT2D eigenvalue weighted by Gasteiger charge is 2.21. The van der Waals surface area contributed by atoms with Crippen LogP contribution in [0.15, 0.2) is 66.7 Å². The van der Waals surface area contributed by atoms with Crippen LogP contribution in [0.1, 0.15) is 15.9 Å². The van der Waals surface area contributed by atoms with Crippen molar-refractivity contribution in [2.45, 2.75) is 6.54 Å². The first kappa shape index (κ1) is 25.3. The van der Waals surface area contributed by atoms with Gasteiger partial charge in [-0.3, -0.25) is 9.10 Å². The van der Waals surface area contributed by atoms with Crippen molar-refractivity contribution in [1.82, 2.24) is 0 Å². The van der Waals surface area contributed by atoms with Crippen LogP contribution in [0.4, 0.5) is 17.1 Å². The molecule has 35 heavy (non-hydrogen) atoms. The fraction of sp³-hybridized carbons (Fsp3) is 0.240. The Morgan fingerprint density at radius 1 is 0.971 bits per heavy atom. The second-order valence-corrected chi connectivity index (χ2v) is 10.8. The van der Waals surface area contributed by atoms with Crippen molar-refractivity contribution in [2.75, 3.05) is 47.1 Å². The summed E-state index contributed by atoms with van der Waals surface area (Å²) in [6.07, 6.45) is 1.11. The maximum atomic E-state index is 12.8. The predicted molar refractivity (Wildman–Crippen MR) is 141 cm³/mol. The maximum absolute atomic E-state index is 12.8. The molecule has 0 unspecified atom stereocenters. The number of benzene rings is 3. The molecule has 0 bridgehead atoms. The fourth-order valence-electron chi connectivity index (χ4n) is 3.79. The average molecular weight is 534 g/mol. The molecule has 1 saturated heterocycles. The van der Waals surface area contributed by atoms with E-state index in [1.165, 1.54) is 4.31 Å². The molecule has 0 spiro atoms. The highest BCUT2D eigenvalue weighted by atomic mass is 35.5. The summed E-state index contributed by atoms with van der Waals surface area (Å²) in [5.74, 6) is -0.296. The van der Waals surface area contributed by atoms with Gasteiger partial charge >= 0.3 is 0 Å². The molecule has 1 aliphatic rings. The third kappa shape index (κ3) is 6.27. The molecule has 7 nitrogen and oxygen atoms in total. The number of halogens is 2. The lowest BCUT2D eigenvalue weighted by molar-refractivity contribution is 0.102. The van der Waals surface area contributed by atoms with E-state index in [2.05, 4.69) is 10.2 Å². The number of hydrogen-bond donors (Lipinski definition) is 1. The molecule has 0 atom stereocenters. The van der Waals surface area contributed by atoms with Crippen molar-refractivity contribution >= 4 is 56.2 Å². The Morgan fingerprint density at radius 3 is 2.14 bits per heavy atom. The standard InChI is InChI=1S/C25H25Cl2N3O4S/c1-35(32,33)30(17-22-23(26)3-2-4-24(22)27)21-9-5-18(6-10-21)25(31)28-19-7-11-20(12-8-19)29-13-15-34-16-14-29/h2-12H,13-17H2,1H3,(H,28,31). The van der Waals surface area contributed by atoms with Crippen LogP contribution >= 0.6 is 23.2 Å². The van der Waals surface area contributed by atoms with Gasteiger partial charge in [-0.25, -0.2) is 8.42 Å². The molecule has 10 heteroatoms. The number of carbonyl (C=O) groups is 1. The molecule has 0 radical (unpaired) electrons. The van der Waals surface area contributed by atoms with Gasteiger partial charge in [0.2, 0.25) is 10.0 Å². The SMILES string of the molecule is CS(=O)(=O)N(Cc1c(Cl)cccc1Cl)c1ccc(C(=O)Nc2ccc(N3CCOCC3)cc2)cc1. The summed E-state index contributed by atoms with van der Waals surface area (Å²) in [5.41, 5.74) is 3.05. The summed E-state index contributed by atoms with van der Waals surface area (Å²) < 4.78 is 31.6. The van der Waals surface area contributed by atoms with Gasteiger partial charge < -0.3 is 15.0 Å². The van der Waals surface area contributed by atoms with E-state index in [-0.39, 0.29) is 12.5 Å². The minimum atomic E-state index is -3.64. The predicted octanol–water partition coefficient (Wildman–Crippen LogP) is 5.05. The Bertz CT molecular complexity index is 1270. The third-order valence-electron chi connectivity index (χ3n) is 5.68. The van der Waals surface area contributed by atoms with Crippen molar-refractivity contribution in [3.63, 3.8) is 0 Å². The Kier molecular flexibility index (Phi) is 7.86. The van der Waals surface area contributed by atoms with Gasteiger partial charge in [-0.1, -0.05) is 29.3 Å². The van der Waals surface area contributed by atoms with Gasteiger partial charge in [0.1, 0.15) is 0 Å². The van der Waals surface area contributed by atoms with Gasteiger partial charge in [0, 0.05) is 45.6 Å². The summed E-state index contributed by atoms with van der Waals surface area (Å²) in [5, 5.41) is 3.63. The Hall–Kier alpha value is -2.78. The zero-order chi connectivity index (χ0) is 25.0. The Labute approximate surface area is 215 Å². The number of hydrogen-bond acceptors (Lipinski definition) is 5. The molecule has 1 amide bonds. The molecule has 0 saturated carbocycles. The summed E-state index contributed by atoms with van der Waals surface area (Å²) >= 11 is 12.5. The number of nitrogens with one attached hydrogen (secondary N) is 1. The number of carbonyl (C=O) groups excluding carboxylic acids is 1. The minimum Gasteiger partial charge on any atom is -0.378 e. The number of ether oxygens (including phenoxy) is 1. The van der Waals surface area contributed by atoms with Crippen LogP contribution in [0.5, 0.6) is 0 Å². The summed E-state index contributed by atoms with van der Waals surface area (Å²) in [4.78, 5) is 15.0. The van der Waals surface area contributed by atoms with Gasteiger partial charge in [-0.05, 0) is 60.7 Å². The number of rotatable bonds is 7. The highest BCUT2D eigenvalue weighted by molar-refractivity contribution is 7.92. The second kappa shape index (κ2) is 10.9. The monoisotopic (exact) mass is 533 g/mol. The van der Waals surface area contributed by atoms with Gasteiger partial charge in [-0.2, -0.15) is 0 Å². The summed E-state index contributed by atoms with van der Waals surface area (Å²) in [6, 6.07) is 19.0. The van der Waals surface area contributed by atoms with Crippen molar-refractivity contribution < 1.29 is 17.9 Å². The molecule has 3 aromatic rings. The molecule has 3 aromatic carbocycles. The normalized spacial score (nSPS) is 14.0. The Balaban J connectivity index is 1.47. The van der Waals surface area contributed by atoms with Gasteiger partial charge in [0.25, 0.3) is 5.91 Å². The van der Waals surface area contributed by atoms with Crippen LogP contribution < -0.4 is 14.5 Å². The number of morpholine rings is 1. The van der Waals surface area contributed by atoms with Crippen LogP contribution in [0.25, 0.3) is 0 Å². The largest absolute Gasteiger partial charge is 0.378 e. The molecular weight excluding hydrogens is 509 g/mol. The zero-order valence-corrected chi connectivity index (χ0v) is 21.4. The van der Waals surface area contributed by atoms with Crippen LogP contribution in [-0.2, 0) is 21.3 Å². The number of sulfonamides is 1. The van der Waals surface area contributed by atoms with Crippen LogP contribution in [0.2, 0.25) is 10.0 Å².